The standard InChI is InChI=1S/C20H18N2O3S2/c1-26-16-8-5-9-17-18(16)21-20(27-17)22(12-14-6-3-2-4-7-14)19(23)15-13-24-10-11-25-15/h2-9,13H,10-12H2,1H3. The van der Waals surface area contributed by atoms with E-state index in [0.29, 0.717) is 24.9 Å². The second kappa shape index (κ2) is 8.02. The molecule has 0 saturated carbocycles. The minimum absolute atomic E-state index is 0.210. The molecule has 138 valence electrons. The number of aromatic nitrogens is 1. The van der Waals surface area contributed by atoms with Crippen LogP contribution in [0.1, 0.15) is 5.56 Å². The van der Waals surface area contributed by atoms with Crippen LogP contribution in [0.2, 0.25) is 0 Å². The van der Waals surface area contributed by atoms with E-state index in [1.165, 1.54) is 17.6 Å². The van der Waals surface area contributed by atoms with E-state index in [1.807, 2.05) is 54.8 Å². The van der Waals surface area contributed by atoms with Gasteiger partial charge in [0.2, 0.25) is 5.76 Å². The molecule has 4 rings (SSSR count). The number of hydrogen-bond acceptors (Lipinski definition) is 6. The van der Waals surface area contributed by atoms with Crippen molar-refractivity contribution in [3.05, 3.63) is 66.1 Å². The fourth-order valence-electron chi connectivity index (χ4n) is 2.80. The smallest absolute Gasteiger partial charge is 0.298 e. The van der Waals surface area contributed by atoms with Gasteiger partial charge in [-0.2, -0.15) is 0 Å². The average molecular weight is 399 g/mol. The highest BCUT2D eigenvalue weighted by molar-refractivity contribution is 7.98. The van der Waals surface area contributed by atoms with Gasteiger partial charge in [0.25, 0.3) is 5.91 Å². The van der Waals surface area contributed by atoms with Crippen LogP contribution in [-0.4, -0.2) is 30.4 Å². The molecule has 0 N–H and O–H groups in total. The number of hydrogen-bond donors (Lipinski definition) is 0. The van der Waals surface area contributed by atoms with E-state index in [-0.39, 0.29) is 11.7 Å². The largest absolute Gasteiger partial charge is 0.494 e. The van der Waals surface area contributed by atoms with Gasteiger partial charge < -0.3 is 9.47 Å². The molecule has 7 heteroatoms. The molecule has 0 saturated heterocycles. The van der Waals surface area contributed by atoms with Crippen LogP contribution in [0.15, 0.2) is 65.4 Å². The zero-order valence-electron chi connectivity index (χ0n) is 14.8. The first kappa shape index (κ1) is 17.9. The molecule has 1 aliphatic rings. The summed E-state index contributed by atoms with van der Waals surface area (Å²) in [4.78, 5) is 20.7. The molecule has 0 bridgehead atoms. The number of rotatable bonds is 5. The van der Waals surface area contributed by atoms with Crippen LogP contribution in [-0.2, 0) is 20.8 Å². The molecular formula is C20H18N2O3S2. The van der Waals surface area contributed by atoms with Crippen LogP contribution in [0.25, 0.3) is 10.2 Å². The molecule has 1 aromatic heterocycles. The molecule has 5 nitrogen and oxygen atoms in total. The third-order valence-electron chi connectivity index (χ3n) is 4.11. The normalized spacial score (nSPS) is 13.6. The van der Waals surface area contributed by atoms with Gasteiger partial charge in [0.15, 0.2) is 5.13 Å². The summed E-state index contributed by atoms with van der Waals surface area (Å²) in [7, 11) is 0. The number of para-hydroxylation sites is 1. The summed E-state index contributed by atoms with van der Waals surface area (Å²) < 4.78 is 11.8. The van der Waals surface area contributed by atoms with Crippen molar-refractivity contribution in [2.45, 2.75) is 11.4 Å². The molecule has 1 amide bonds. The molecule has 0 radical (unpaired) electrons. The van der Waals surface area contributed by atoms with E-state index in [2.05, 4.69) is 0 Å². The van der Waals surface area contributed by atoms with Crippen LogP contribution in [0.4, 0.5) is 5.13 Å². The maximum absolute atomic E-state index is 13.1. The minimum atomic E-state index is -0.247. The van der Waals surface area contributed by atoms with Gasteiger partial charge >= 0.3 is 0 Å². The minimum Gasteiger partial charge on any atom is -0.494 e. The molecule has 1 aliphatic heterocycles. The fourth-order valence-corrected chi connectivity index (χ4v) is 4.42. The van der Waals surface area contributed by atoms with E-state index in [1.54, 1.807) is 16.7 Å². The zero-order valence-corrected chi connectivity index (χ0v) is 16.4. The van der Waals surface area contributed by atoms with Crippen molar-refractivity contribution in [3.63, 3.8) is 0 Å². The number of nitrogens with zero attached hydrogens (tertiary/aromatic N) is 2. The van der Waals surface area contributed by atoms with Gasteiger partial charge in [-0.05, 0) is 24.0 Å². The monoisotopic (exact) mass is 398 g/mol. The van der Waals surface area contributed by atoms with Gasteiger partial charge in [-0.15, -0.1) is 11.8 Å². The molecule has 2 aromatic carbocycles. The molecule has 27 heavy (non-hydrogen) atoms. The van der Waals surface area contributed by atoms with Gasteiger partial charge in [-0.1, -0.05) is 47.7 Å². The maximum Gasteiger partial charge on any atom is 0.298 e. The first-order valence-electron chi connectivity index (χ1n) is 8.50. The summed E-state index contributed by atoms with van der Waals surface area (Å²) in [6.07, 6.45) is 3.42. The van der Waals surface area contributed by atoms with E-state index < -0.39 is 0 Å². The molecule has 0 aliphatic carbocycles. The van der Waals surface area contributed by atoms with Crippen molar-refractivity contribution in [3.8, 4) is 0 Å². The van der Waals surface area contributed by atoms with Crippen molar-refractivity contribution in [2.24, 2.45) is 0 Å². The number of benzene rings is 2. The van der Waals surface area contributed by atoms with E-state index in [0.717, 1.165) is 20.7 Å². The Balaban J connectivity index is 1.75. The van der Waals surface area contributed by atoms with Crippen LogP contribution < -0.4 is 4.90 Å². The van der Waals surface area contributed by atoms with Crippen LogP contribution in [0.3, 0.4) is 0 Å². The highest BCUT2D eigenvalue weighted by Gasteiger charge is 2.26. The topological polar surface area (TPSA) is 51.7 Å². The zero-order chi connectivity index (χ0) is 18.6. The third-order valence-corrected chi connectivity index (χ3v) is 5.92. The first-order chi connectivity index (χ1) is 13.3. The first-order valence-corrected chi connectivity index (χ1v) is 10.5. The van der Waals surface area contributed by atoms with Crippen LogP contribution in [0.5, 0.6) is 0 Å². The summed E-state index contributed by atoms with van der Waals surface area (Å²) in [6, 6.07) is 15.9. The van der Waals surface area contributed by atoms with Crippen molar-refractivity contribution < 1.29 is 14.3 Å². The van der Waals surface area contributed by atoms with Gasteiger partial charge in [0.05, 0.1) is 16.8 Å². The summed E-state index contributed by atoms with van der Waals surface area (Å²) in [5.74, 6) is -0.0372. The number of anilines is 1. The Bertz CT molecular complexity index is 985. The lowest BCUT2D eigenvalue weighted by Crippen LogP contribution is -2.33. The van der Waals surface area contributed by atoms with Gasteiger partial charge in [0.1, 0.15) is 19.5 Å². The lowest BCUT2D eigenvalue weighted by molar-refractivity contribution is -0.119. The molecule has 0 unspecified atom stereocenters. The summed E-state index contributed by atoms with van der Waals surface area (Å²) >= 11 is 3.15. The Labute approximate surface area is 165 Å². The number of thioether (sulfide) groups is 1. The van der Waals surface area contributed by atoms with Crippen LogP contribution >= 0.6 is 23.1 Å². The van der Waals surface area contributed by atoms with Crippen LogP contribution in [0, 0.1) is 0 Å². The van der Waals surface area contributed by atoms with E-state index in [9.17, 15) is 4.79 Å². The summed E-state index contributed by atoms with van der Waals surface area (Å²) in [5.41, 5.74) is 1.94. The Morgan fingerprint density at radius 3 is 2.78 bits per heavy atom. The number of carbonyl (C=O) groups is 1. The Morgan fingerprint density at radius 2 is 2.04 bits per heavy atom. The maximum atomic E-state index is 13.1. The number of carbonyl (C=O) groups excluding carboxylic acids is 1. The van der Waals surface area contributed by atoms with Gasteiger partial charge in [-0.3, -0.25) is 9.69 Å². The Hall–Kier alpha value is -2.51. The highest BCUT2D eigenvalue weighted by Crippen LogP contribution is 2.35. The molecule has 0 fully saturated rings. The fraction of sp³-hybridized carbons (Fsp3) is 0.200. The van der Waals surface area contributed by atoms with Crippen molar-refractivity contribution >= 4 is 44.4 Å². The number of ether oxygens (including phenoxy) is 2. The van der Waals surface area contributed by atoms with Gasteiger partial charge in [-0.25, -0.2) is 4.98 Å². The lowest BCUT2D eigenvalue weighted by Gasteiger charge is -2.23. The molecular weight excluding hydrogens is 380 g/mol. The SMILES string of the molecule is CSc1cccc2sc(N(Cc3ccccc3)C(=O)C3=COCCO3)nc12. The van der Waals surface area contributed by atoms with Gasteiger partial charge in [0, 0.05) is 4.90 Å². The molecule has 3 aromatic rings. The number of amides is 1. The summed E-state index contributed by atoms with van der Waals surface area (Å²) in [5, 5.41) is 0.649. The molecule has 0 atom stereocenters. The predicted molar refractivity (Wildman–Crippen MR) is 109 cm³/mol. The highest BCUT2D eigenvalue weighted by atomic mass is 32.2. The van der Waals surface area contributed by atoms with E-state index >= 15 is 0 Å². The average Bonchev–Trinajstić information content (AvgIpc) is 3.17. The van der Waals surface area contributed by atoms with E-state index in [4.69, 9.17) is 14.5 Å². The number of fused-ring (bicyclic) bond motifs is 1. The van der Waals surface area contributed by atoms with Crippen molar-refractivity contribution in [2.75, 3.05) is 24.4 Å². The number of thiazole rings is 1. The predicted octanol–water partition coefficient (Wildman–Crippen LogP) is 4.44. The third kappa shape index (κ3) is 3.79. The summed E-state index contributed by atoms with van der Waals surface area (Å²) in [6.45, 7) is 1.23. The molecule has 2 heterocycles. The van der Waals surface area contributed by atoms with Crippen molar-refractivity contribution in [1.82, 2.24) is 4.98 Å². The Kier molecular flexibility index (Phi) is 5.31. The second-order valence-electron chi connectivity index (χ2n) is 5.88. The quantitative estimate of drug-likeness (QED) is 0.595. The molecule has 0 spiro atoms. The second-order valence-corrected chi connectivity index (χ2v) is 7.74. The lowest BCUT2D eigenvalue weighted by atomic mass is 10.2. The Morgan fingerprint density at radius 1 is 1.19 bits per heavy atom. The van der Waals surface area contributed by atoms with Crippen molar-refractivity contribution in [1.29, 1.82) is 0 Å².